The van der Waals surface area contributed by atoms with Crippen LogP contribution in [0.5, 0.6) is 0 Å². The minimum atomic E-state index is 0.277. The first-order chi connectivity index (χ1) is 11.3. The average molecular weight is 312 g/mol. The van der Waals surface area contributed by atoms with Crippen LogP contribution < -0.4 is 10.2 Å². The predicted octanol–water partition coefficient (Wildman–Crippen LogP) is 3.53. The Balaban J connectivity index is 1.78. The Morgan fingerprint density at radius 2 is 2.09 bits per heavy atom. The van der Waals surface area contributed by atoms with E-state index in [1.54, 1.807) is 0 Å². The summed E-state index contributed by atoms with van der Waals surface area (Å²) >= 11 is 0. The highest BCUT2D eigenvalue weighted by molar-refractivity contribution is 5.61. The summed E-state index contributed by atoms with van der Waals surface area (Å²) in [7, 11) is 0. The first kappa shape index (κ1) is 15.7. The third-order valence-corrected chi connectivity index (χ3v) is 4.01. The van der Waals surface area contributed by atoms with E-state index in [0.29, 0.717) is 5.95 Å². The number of hydrogen-bond donors (Lipinski definition) is 1. The summed E-state index contributed by atoms with van der Waals surface area (Å²) < 4.78 is 5.64. The Hall–Kier alpha value is -2.14. The van der Waals surface area contributed by atoms with Gasteiger partial charge in [-0.1, -0.05) is 18.2 Å². The Morgan fingerprint density at radius 3 is 2.78 bits per heavy atom. The number of anilines is 3. The molecule has 1 aliphatic rings. The van der Waals surface area contributed by atoms with Gasteiger partial charge in [0.25, 0.3) is 0 Å². The molecule has 1 unspecified atom stereocenters. The summed E-state index contributed by atoms with van der Waals surface area (Å²) in [6.45, 7) is 6.61. The number of aryl methyl sites for hydroxylation is 1. The third-order valence-electron chi connectivity index (χ3n) is 4.01. The largest absolute Gasteiger partial charge is 0.376 e. The van der Waals surface area contributed by atoms with Crippen molar-refractivity contribution in [2.24, 2.45) is 0 Å². The monoisotopic (exact) mass is 312 g/mol. The fraction of sp³-hybridized carbons (Fsp3) is 0.444. The van der Waals surface area contributed by atoms with Crippen LogP contribution in [0.15, 0.2) is 36.4 Å². The summed E-state index contributed by atoms with van der Waals surface area (Å²) in [4.78, 5) is 11.4. The lowest BCUT2D eigenvalue weighted by atomic mass is 10.2. The molecule has 1 aromatic carbocycles. The standard InChI is InChI=1S/C18H24N4O/c1-3-22(15-8-5-4-6-9-15)17-12-14(2)20-18(21-17)19-13-16-10-7-11-23-16/h4-6,8-9,12,16H,3,7,10-11,13H2,1-2H3,(H,19,20,21). The first-order valence-corrected chi connectivity index (χ1v) is 8.30. The normalized spacial score (nSPS) is 17.2. The maximum atomic E-state index is 5.64. The maximum Gasteiger partial charge on any atom is 0.224 e. The van der Waals surface area contributed by atoms with E-state index in [4.69, 9.17) is 9.72 Å². The summed E-state index contributed by atoms with van der Waals surface area (Å²) in [6, 6.07) is 12.3. The average Bonchev–Trinajstić information content (AvgIpc) is 3.08. The SMILES string of the molecule is CCN(c1ccccc1)c1cc(C)nc(NCC2CCCO2)n1. The molecule has 5 nitrogen and oxygen atoms in total. The molecule has 1 N–H and O–H groups in total. The number of rotatable bonds is 6. The summed E-state index contributed by atoms with van der Waals surface area (Å²) in [6.07, 6.45) is 2.53. The molecule has 0 aliphatic carbocycles. The van der Waals surface area contributed by atoms with Crippen LogP contribution in [-0.4, -0.2) is 35.8 Å². The van der Waals surface area contributed by atoms with Gasteiger partial charge in [0.2, 0.25) is 5.95 Å². The van der Waals surface area contributed by atoms with Gasteiger partial charge in [0, 0.05) is 37.1 Å². The maximum absolute atomic E-state index is 5.64. The van der Waals surface area contributed by atoms with Gasteiger partial charge in [-0.15, -0.1) is 0 Å². The zero-order valence-corrected chi connectivity index (χ0v) is 13.8. The molecule has 1 fully saturated rings. The lowest BCUT2D eigenvalue weighted by Gasteiger charge is -2.23. The molecule has 5 heteroatoms. The van der Waals surface area contributed by atoms with Crippen molar-refractivity contribution in [1.29, 1.82) is 0 Å². The van der Waals surface area contributed by atoms with Gasteiger partial charge in [0.05, 0.1) is 6.10 Å². The third kappa shape index (κ3) is 3.99. The molecule has 3 rings (SSSR count). The van der Waals surface area contributed by atoms with Gasteiger partial charge in [-0.3, -0.25) is 0 Å². The number of ether oxygens (including phenoxy) is 1. The highest BCUT2D eigenvalue weighted by Gasteiger charge is 2.16. The van der Waals surface area contributed by atoms with Crippen molar-refractivity contribution in [3.63, 3.8) is 0 Å². The number of nitrogens with zero attached hydrogens (tertiary/aromatic N) is 3. The molecule has 0 spiro atoms. The lowest BCUT2D eigenvalue weighted by molar-refractivity contribution is 0.120. The van der Waals surface area contributed by atoms with Crippen molar-refractivity contribution in [1.82, 2.24) is 9.97 Å². The molecule has 2 aromatic rings. The smallest absolute Gasteiger partial charge is 0.224 e. The van der Waals surface area contributed by atoms with Crippen LogP contribution in [0.2, 0.25) is 0 Å². The fourth-order valence-corrected chi connectivity index (χ4v) is 2.86. The fourth-order valence-electron chi connectivity index (χ4n) is 2.86. The number of benzene rings is 1. The molecular weight excluding hydrogens is 288 g/mol. The van der Waals surface area contributed by atoms with Gasteiger partial charge in [-0.25, -0.2) is 4.98 Å². The summed E-state index contributed by atoms with van der Waals surface area (Å²) in [5, 5.41) is 3.32. The number of hydrogen-bond acceptors (Lipinski definition) is 5. The second-order valence-electron chi connectivity index (χ2n) is 5.79. The van der Waals surface area contributed by atoms with E-state index < -0.39 is 0 Å². The van der Waals surface area contributed by atoms with E-state index in [9.17, 15) is 0 Å². The number of para-hydroxylation sites is 1. The van der Waals surface area contributed by atoms with Gasteiger partial charge in [0.1, 0.15) is 5.82 Å². The zero-order valence-electron chi connectivity index (χ0n) is 13.8. The van der Waals surface area contributed by atoms with E-state index >= 15 is 0 Å². The molecule has 0 amide bonds. The van der Waals surface area contributed by atoms with E-state index in [1.807, 2.05) is 31.2 Å². The van der Waals surface area contributed by atoms with Crippen molar-refractivity contribution >= 4 is 17.5 Å². The van der Waals surface area contributed by atoms with Gasteiger partial charge in [-0.2, -0.15) is 4.98 Å². The van der Waals surface area contributed by atoms with Gasteiger partial charge >= 0.3 is 0 Å². The molecule has 1 aliphatic heterocycles. The molecule has 2 heterocycles. The van der Waals surface area contributed by atoms with Crippen LogP contribution in [0.25, 0.3) is 0 Å². The first-order valence-electron chi connectivity index (χ1n) is 8.30. The van der Waals surface area contributed by atoms with Gasteiger partial charge < -0.3 is 15.0 Å². The van der Waals surface area contributed by atoms with Crippen molar-refractivity contribution in [3.05, 3.63) is 42.1 Å². The molecule has 1 saturated heterocycles. The highest BCUT2D eigenvalue weighted by atomic mass is 16.5. The molecule has 1 aromatic heterocycles. The Morgan fingerprint density at radius 1 is 1.26 bits per heavy atom. The van der Waals surface area contributed by atoms with Crippen LogP contribution >= 0.6 is 0 Å². The minimum absolute atomic E-state index is 0.277. The van der Waals surface area contributed by atoms with Crippen molar-refractivity contribution in [2.45, 2.75) is 32.8 Å². The van der Waals surface area contributed by atoms with E-state index in [0.717, 1.165) is 49.7 Å². The topological polar surface area (TPSA) is 50.3 Å². The molecule has 0 bridgehead atoms. The van der Waals surface area contributed by atoms with Crippen LogP contribution in [0.1, 0.15) is 25.5 Å². The minimum Gasteiger partial charge on any atom is -0.376 e. The van der Waals surface area contributed by atoms with Crippen molar-refractivity contribution < 1.29 is 4.74 Å². The second kappa shape index (κ2) is 7.42. The predicted molar refractivity (Wildman–Crippen MR) is 93.4 cm³/mol. The van der Waals surface area contributed by atoms with Crippen molar-refractivity contribution in [3.8, 4) is 0 Å². The Bertz CT molecular complexity index is 626. The quantitative estimate of drug-likeness (QED) is 0.884. The van der Waals surface area contributed by atoms with Crippen LogP contribution in [0.3, 0.4) is 0 Å². The zero-order chi connectivity index (χ0) is 16.1. The van der Waals surface area contributed by atoms with Crippen LogP contribution in [0, 0.1) is 6.92 Å². The molecule has 122 valence electrons. The molecule has 1 atom stereocenters. The highest BCUT2D eigenvalue weighted by Crippen LogP contribution is 2.24. The van der Waals surface area contributed by atoms with Gasteiger partial charge in [0.15, 0.2) is 0 Å². The molecule has 23 heavy (non-hydrogen) atoms. The molecule has 0 saturated carbocycles. The van der Waals surface area contributed by atoms with Crippen LogP contribution in [-0.2, 0) is 4.74 Å². The molecular formula is C18H24N4O. The number of aromatic nitrogens is 2. The second-order valence-corrected chi connectivity index (χ2v) is 5.79. The van der Waals surface area contributed by atoms with Crippen molar-refractivity contribution in [2.75, 3.05) is 29.9 Å². The molecule has 0 radical (unpaired) electrons. The van der Waals surface area contributed by atoms with Crippen LogP contribution in [0.4, 0.5) is 17.5 Å². The summed E-state index contributed by atoms with van der Waals surface area (Å²) in [5.41, 5.74) is 2.09. The van der Waals surface area contributed by atoms with E-state index in [-0.39, 0.29) is 6.10 Å². The van der Waals surface area contributed by atoms with Gasteiger partial charge in [-0.05, 0) is 38.8 Å². The van der Waals surface area contributed by atoms with E-state index in [2.05, 4.69) is 34.3 Å². The lowest BCUT2D eigenvalue weighted by Crippen LogP contribution is -2.22. The summed E-state index contributed by atoms with van der Waals surface area (Å²) in [5.74, 6) is 1.59. The number of nitrogens with one attached hydrogen (secondary N) is 1. The Kier molecular flexibility index (Phi) is 5.08. The Labute approximate surface area is 137 Å². The van der Waals surface area contributed by atoms with E-state index in [1.165, 1.54) is 0 Å².